The zero-order chi connectivity index (χ0) is 22.5. The third-order valence-corrected chi connectivity index (χ3v) is 6.06. The number of hydrogen-bond donors (Lipinski definition) is 2. The Morgan fingerprint density at radius 2 is 2.03 bits per heavy atom. The maximum Gasteiger partial charge on any atom is 0.318 e. The van der Waals surface area contributed by atoms with Gasteiger partial charge in [0.1, 0.15) is 0 Å². The number of benzene rings is 1. The highest BCUT2D eigenvalue weighted by molar-refractivity contribution is 5.74. The van der Waals surface area contributed by atoms with E-state index in [0.717, 1.165) is 43.1 Å². The van der Waals surface area contributed by atoms with Crippen LogP contribution in [0.3, 0.4) is 0 Å². The van der Waals surface area contributed by atoms with E-state index in [1.165, 1.54) is 13.2 Å². The lowest BCUT2D eigenvalue weighted by Crippen LogP contribution is -2.49. The van der Waals surface area contributed by atoms with Crippen molar-refractivity contribution in [2.75, 3.05) is 51.3 Å². The molecule has 2 amide bonds. The second-order valence-corrected chi connectivity index (χ2v) is 8.22. The fourth-order valence-corrected chi connectivity index (χ4v) is 4.31. The van der Waals surface area contributed by atoms with Gasteiger partial charge < -0.3 is 25.0 Å². The molecular weight excluding hydrogens is 413 g/mol. The molecule has 1 fully saturated rings. The lowest BCUT2D eigenvalue weighted by atomic mass is 10.2. The summed E-state index contributed by atoms with van der Waals surface area (Å²) in [5, 5.41) is 13.3. The van der Waals surface area contributed by atoms with Gasteiger partial charge in [0.2, 0.25) is 0 Å². The monoisotopic (exact) mass is 443 g/mol. The molecule has 3 heterocycles. The van der Waals surface area contributed by atoms with E-state index in [9.17, 15) is 14.3 Å². The van der Waals surface area contributed by atoms with Crippen molar-refractivity contribution >= 4 is 11.7 Å². The van der Waals surface area contributed by atoms with Crippen molar-refractivity contribution < 1.29 is 19.0 Å². The Morgan fingerprint density at radius 3 is 2.78 bits per heavy atom. The molecule has 0 radical (unpaired) electrons. The molecule has 0 unspecified atom stereocenters. The van der Waals surface area contributed by atoms with Gasteiger partial charge in [0, 0.05) is 52.0 Å². The number of piperazine rings is 1. The van der Waals surface area contributed by atoms with Gasteiger partial charge in [-0.1, -0.05) is 12.1 Å². The number of hydrogen-bond acceptors (Lipinski definition) is 6. The van der Waals surface area contributed by atoms with Gasteiger partial charge in [-0.2, -0.15) is 0 Å². The second kappa shape index (κ2) is 10.1. The van der Waals surface area contributed by atoms with Crippen molar-refractivity contribution in [1.29, 1.82) is 0 Å². The average molecular weight is 444 g/mol. The van der Waals surface area contributed by atoms with E-state index >= 15 is 0 Å². The lowest BCUT2D eigenvalue weighted by molar-refractivity contribution is 0.102. The van der Waals surface area contributed by atoms with Gasteiger partial charge >= 0.3 is 6.03 Å². The topological polar surface area (TPSA) is 81.2 Å². The number of carbonyl (C=O) groups excluding carboxylic acids is 1. The summed E-state index contributed by atoms with van der Waals surface area (Å²) < 4.78 is 19.2. The summed E-state index contributed by atoms with van der Waals surface area (Å²) in [5.74, 6) is -0.0902. The standard InChI is InChI=1S/C23H30FN5O3/c1-32-22-19(24)5-2-6-21(22)28-12-10-27(11-13-28)15-18(30)7-9-26-23(31)29-14-17-4-3-8-25-20(17)16-29/h2-6,8,18,30H,7,9-16H2,1H3,(H,26,31)/t18-/m1/s1. The van der Waals surface area contributed by atoms with E-state index < -0.39 is 6.10 Å². The van der Waals surface area contributed by atoms with Crippen LogP contribution in [0.1, 0.15) is 17.7 Å². The number of fused-ring (bicyclic) bond motifs is 1. The van der Waals surface area contributed by atoms with E-state index in [1.54, 1.807) is 17.2 Å². The summed E-state index contributed by atoms with van der Waals surface area (Å²) in [6.45, 7) is 5.04. The van der Waals surface area contributed by atoms with Crippen LogP contribution in [-0.4, -0.2) is 78.4 Å². The Kier molecular flexibility index (Phi) is 7.06. The highest BCUT2D eigenvalue weighted by Crippen LogP contribution is 2.31. The number of nitrogens with one attached hydrogen (secondary N) is 1. The SMILES string of the molecule is COc1c(F)cccc1N1CCN(C[C@H](O)CCNC(=O)N2Cc3cccnc3C2)CC1. The number of methoxy groups -OCH3 is 1. The van der Waals surface area contributed by atoms with Gasteiger partial charge in [-0.15, -0.1) is 0 Å². The van der Waals surface area contributed by atoms with Gasteiger partial charge in [0.05, 0.1) is 31.1 Å². The van der Waals surface area contributed by atoms with Crippen molar-refractivity contribution in [1.82, 2.24) is 20.1 Å². The van der Waals surface area contributed by atoms with Crippen LogP contribution >= 0.6 is 0 Å². The molecule has 2 aliphatic heterocycles. The van der Waals surface area contributed by atoms with Crippen molar-refractivity contribution in [3.8, 4) is 5.75 Å². The molecule has 1 aromatic heterocycles. The molecule has 32 heavy (non-hydrogen) atoms. The minimum absolute atomic E-state index is 0.132. The molecule has 1 atom stereocenters. The number of halogens is 1. The number of rotatable bonds is 7. The van der Waals surface area contributed by atoms with E-state index in [4.69, 9.17) is 4.74 Å². The molecule has 0 aliphatic carbocycles. The number of pyridine rings is 1. The van der Waals surface area contributed by atoms with Crippen LogP contribution in [0, 0.1) is 5.82 Å². The Labute approximate surface area is 187 Å². The van der Waals surface area contributed by atoms with Crippen LogP contribution in [-0.2, 0) is 13.1 Å². The number of amides is 2. The van der Waals surface area contributed by atoms with Crippen molar-refractivity contribution in [3.63, 3.8) is 0 Å². The quantitative estimate of drug-likeness (QED) is 0.680. The minimum atomic E-state index is -0.525. The van der Waals surface area contributed by atoms with E-state index in [0.29, 0.717) is 32.6 Å². The number of anilines is 1. The minimum Gasteiger partial charge on any atom is -0.492 e. The fraction of sp³-hybridized carbons (Fsp3) is 0.478. The molecule has 2 aromatic rings. The molecule has 0 spiro atoms. The second-order valence-electron chi connectivity index (χ2n) is 8.22. The molecule has 9 heteroatoms. The summed E-state index contributed by atoms with van der Waals surface area (Å²) in [5.41, 5.74) is 2.78. The van der Waals surface area contributed by atoms with Crippen LogP contribution in [0.4, 0.5) is 14.9 Å². The van der Waals surface area contributed by atoms with E-state index in [1.807, 2.05) is 18.2 Å². The number of aromatic nitrogens is 1. The molecule has 0 saturated carbocycles. The Balaban J connectivity index is 1.16. The third-order valence-electron chi connectivity index (χ3n) is 6.06. The predicted molar refractivity (Wildman–Crippen MR) is 119 cm³/mol. The number of para-hydroxylation sites is 1. The number of carbonyl (C=O) groups is 1. The van der Waals surface area contributed by atoms with Gasteiger partial charge in [-0.05, 0) is 30.2 Å². The van der Waals surface area contributed by atoms with Crippen molar-refractivity contribution in [3.05, 3.63) is 53.6 Å². The van der Waals surface area contributed by atoms with Crippen LogP contribution < -0.4 is 15.0 Å². The number of ether oxygens (including phenoxy) is 1. The first-order chi connectivity index (χ1) is 15.5. The maximum absolute atomic E-state index is 14.0. The Hall–Kier alpha value is -2.91. The molecule has 2 N–H and O–H groups in total. The summed E-state index contributed by atoms with van der Waals surface area (Å²) in [7, 11) is 1.48. The first-order valence-corrected chi connectivity index (χ1v) is 11.0. The summed E-state index contributed by atoms with van der Waals surface area (Å²) >= 11 is 0. The first-order valence-electron chi connectivity index (χ1n) is 11.0. The molecule has 4 rings (SSSR count). The summed E-state index contributed by atoms with van der Waals surface area (Å²) in [6.07, 6.45) is 1.70. The van der Waals surface area contributed by atoms with Gasteiger partial charge in [0.15, 0.2) is 11.6 Å². The Morgan fingerprint density at radius 1 is 1.22 bits per heavy atom. The molecule has 1 saturated heterocycles. The van der Waals surface area contributed by atoms with Gasteiger partial charge in [-0.25, -0.2) is 9.18 Å². The Bertz CT molecular complexity index is 911. The summed E-state index contributed by atoms with van der Waals surface area (Å²) in [4.78, 5) is 22.7. The molecule has 1 aromatic carbocycles. The lowest BCUT2D eigenvalue weighted by Gasteiger charge is -2.37. The van der Waals surface area contributed by atoms with Gasteiger partial charge in [0.25, 0.3) is 0 Å². The number of aliphatic hydroxyl groups excluding tert-OH is 1. The van der Waals surface area contributed by atoms with Gasteiger partial charge in [-0.3, -0.25) is 9.88 Å². The highest BCUT2D eigenvalue weighted by Gasteiger charge is 2.25. The zero-order valence-electron chi connectivity index (χ0n) is 18.3. The average Bonchev–Trinajstić information content (AvgIpc) is 3.24. The number of β-amino-alcohol motifs (C(OH)–C–C–N with tert-alkyl or cyclic N) is 1. The van der Waals surface area contributed by atoms with Crippen LogP contribution in [0.5, 0.6) is 5.75 Å². The van der Waals surface area contributed by atoms with Crippen molar-refractivity contribution in [2.24, 2.45) is 0 Å². The van der Waals surface area contributed by atoms with E-state index in [2.05, 4.69) is 20.1 Å². The zero-order valence-corrected chi connectivity index (χ0v) is 18.3. The summed E-state index contributed by atoms with van der Waals surface area (Å²) in [6, 6.07) is 8.69. The number of urea groups is 1. The van der Waals surface area contributed by atoms with Crippen LogP contribution in [0.15, 0.2) is 36.5 Å². The highest BCUT2D eigenvalue weighted by atomic mass is 19.1. The molecule has 0 bridgehead atoms. The normalized spacial score (nSPS) is 17.2. The largest absolute Gasteiger partial charge is 0.492 e. The smallest absolute Gasteiger partial charge is 0.318 e. The fourth-order valence-electron chi connectivity index (χ4n) is 4.31. The third kappa shape index (κ3) is 5.11. The molecule has 172 valence electrons. The van der Waals surface area contributed by atoms with Crippen LogP contribution in [0.2, 0.25) is 0 Å². The molecule has 8 nitrogen and oxygen atoms in total. The van der Waals surface area contributed by atoms with E-state index in [-0.39, 0.29) is 17.6 Å². The molecular formula is C23H30FN5O3. The maximum atomic E-state index is 14.0. The molecule has 2 aliphatic rings. The van der Waals surface area contributed by atoms with Crippen LogP contribution in [0.25, 0.3) is 0 Å². The van der Waals surface area contributed by atoms with Crippen molar-refractivity contribution in [2.45, 2.75) is 25.6 Å². The predicted octanol–water partition coefficient (Wildman–Crippen LogP) is 1.83. The first kappa shape index (κ1) is 22.3. The number of nitrogens with zero attached hydrogens (tertiary/aromatic N) is 4. The number of aliphatic hydroxyl groups is 1.